The highest BCUT2D eigenvalue weighted by Crippen LogP contribution is 2.33. The largest absolute Gasteiger partial charge is 0.357 e. The number of rotatable bonds is 4. The van der Waals surface area contributed by atoms with Crippen LogP contribution in [0.25, 0.3) is 11.0 Å². The molecule has 3 aromatic heterocycles. The third kappa shape index (κ3) is 3.60. The van der Waals surface area contributed by atoms with Crippen molar-refractivity contribution >= 4 is 43.4 Å². The fourth-order valence-electron chi connectivity index (χ4n) is 3.33. The summed E-state index contributed by atoms with van der Waals surface area (Å²) in [5, 5.41) is 2.81. The number of thiazole rings is 1. The summed E-state index contributed by atoms with van der Waals surface area (Å²) in [6.45, 7) is 2.24. The third-order valence-electron chi connectivity index (χ3n) is 4.60. The fourth-order valence-corrected chi connectivity index (χ4v) is 6.08. The summed E-state index contributed by atoms with van der Waals surface area (Å²) in [5.41, 5.74) is 2.84. The van der Waals surface area contributed by atoms with Crippen molar-refractivity contribution in [2.45, 2.75) is 29.9 Å². The summed E-state index contributed by atoms with van der Waals surface area (Å²) in [6.07, 6.45) is 4.75. The maximum Gasteiger partial charge on any atom is 0.254 e. The first kappa shape index (κ1) is 18.1. The van der Waals surface area contributed by atoms with Crippen LogP contribution in [0, 0.1) is 0 Å². The Kier molecular flexibility index (Phi) is 4.70. The van der Waals surface area contributed by atoms with E-state index in [4.69, 9.17) is 0 Å². The number of nitrogens with zero attached hydrogens (tertiary/aromatic N) is 3. The molecule has 1 atom stereocenters. The molecule has 27 heavy (non-hydrogen) atoms. The smallest absolute Gasteiger partial charge is 0.254 e. The average molecular weight is 406 g/mol. The number of amides is 1. The molecule has 4 heterocycles. The van der Waals surface area contributed by atoms with Crippen LogP contribution < -0.4 is 5.32 Å². The minimum absolute atomic E-state index is 0.0884. The zero-order valence-electron chi connectivity index (χ0n) is 14.7. The van der Waals surface area contributed by atoms with Gasteiger partial charge in [-0.25, -0.2) is 13.4 Å². The molecule has 1 aliphatic rings. The van der Waals surface area contributed by atoms with Crippen LogP contribution in [0.4, 0.5) is 5.13 Å². The van der Waals surface area contributed by atoms with E-state index in [9.17, 15) is 13.2 Å². The highest BCUT2D eigenvalue weighted by Gasteiger charge is 2.33. The second-order valence-corrected chi connectivity index (χ2v) is 9.72. The Bertz CT molecular complexity index is 1060. The van der Waals surface area contributed by atoms with Gasteiger partial charge in [0.1, 0.15) is 0 Å². The number of carbonyl (C=O) groups excluding carboxylic acids is 1. The van der Waals surface area contributed by atoms with Gasteiger partial charge >= 0.3 is 0 Å². The standard InChI is InChI=1S/C17H19N5O3S2/c1-11(23)20-17-19-9-16(26-17)27(24,25)22-7-3-4-12(10-22)14-8-15-13(21-14)5-2-6-18-15/h2,5-6,8-9,12,21H,3-4,7,10H2,1H3,(H,19,20,23)/t12-/m1/s1. The first-order valence-electron chi connectivity index (χ1n) is 8.61. The summed E-state index contributed by atoms with van der Waals surface area (Å²) in [6, 6.07) is 5.83. The molecule has 1 saturated heterocycles. The van der Waals surface area contributed by atoms with Gasteiger partial charge < -0.3 is 10.3 Å². The Labute approximate surface area is 160 Å². The van der Waals surface area contributed by atoms with E-state index in [0.29, 0.717) is 13.1 Å². The van der Waals surface area contributed by atoms with Gasteiger partial charge in [0.15, 0.2) is 9.34 Å². The molecule has 1 fully saturated rings. The van der Waals surface area contributed by atoms with Crippen molar-refractivity contribution in [3.63, 3.8) is 0 Å². The van der Waals surface area contributed by atoms with E-state index in [2.05, 4.69) is 20.3 Å². The van der Waals surface area contributed by atoms with Crippen molar-refractivity contribution in [1.82, 2.24) is 19.3 Å². The molecule has 142 valence electrons. The van der Waals surface area contributed by atoms with E-state index in [1.165, 1.54) is 17.4 Å². The van der Waals surface area contributed by atoms with Gasteiger partial charge in [-0.05, 0) is 31.0 Å². The van der Waals surface area contributed by atoms with Crippen molar-refractivity contribution < 1.29 is 13.2 Å². The number of aromatic nitrogens is 3. The lowest BCUT2D eigenvalue weighted by molar-refractivity contribution is -0.114. The van der Waals surface area contributed by atoms with Crippen molar-refractivity contribution in [1.29, 1.82) is 0 Å². The lowest BCUT2D eigenvalue weighted by Gasteiger charge is -2.31. The normalized spacial score (nSPS) is 18.6. The Hall–Kier alpha value is -2.30. The summed E-state index contributed by atoms with van der Waals surface area (Å²) in [5.74, 6) is -0.191. The number of hydrogen-bond acceptors (Lipinski definition) is 6. The number of fused-ring (bicyclic) bond motifs is 1. The molecule has 0 aromatic carbocycles. The Balaban J connectivity index is 1.56. The number of H-pyrrole nitrogens is 1. The molecule has 0 saturated carbocycles. The molecule has 10 heteroatoms. The van der Waals surface area contributed by atoms with Gasteiger partial charge in [0.05, 0.1) is 17.2 Å². The van der Waals surface area contributed by atoms with Gasteiger partial charge in [0, 0.05) is 37.8 Å². The highest BCUT2D eigenvalue weighted by atomic mass is 32.2. The SMILES string of the molecule is CC(=O)Nc1ncc(S(=O)(=O)N2CCC[C@@H](c3cc4ncccc4[nH]3)C2)s1. The summed E-state index contributed by atoms with van der Waals surface area (Å²) in [4.78, 5) is 22.8. The first-order valence-corrected chi connectivity index (χ1v) is 10.9. The molecule has 8 nitrogen and oxygen atoms in total. The van der Waals surface area contributed by atoms with Gasteiger partial charge in [0.25, 0.3) is 10.0 Å². The molecule has 0 unspecified atom stereocenters. The quantitative estimate of drug-likeness (QED) is 0.693. The Morgan fingerprint density at radius 1 is 1.41 bits per heavy atom. The topological polar surface area (TPSA) is 108 Å². The number of anilines is 1. The lowest BCUT2D eigenvalue weighted by Crippen LogP contribution is -2.38. The first-order chi connectivity index (χ1) is 12.9. The van der Waals surface area contributed by atoms with Crippen LogP contribution in [-0.4, -0.2) is 46.7 Å². The van der Waals surface area contributed by atoms with Gasteiger partial charge in [-0.15, -0.1) is 0 Å². The maximum absolute atomic E-state index is 13.0. The van der Waals surface area contributed by atoms with Crippen LogP contribution in [0.5, 0.6) is 0 Å². The minimum Gasteiger partial charge on any atom is -0.357 e. The van der Waals surface area contributed by atoms with E-state index in [1.807, 2.05) is 18.2 Å². The number of hydrogen-bond donors (Lipinski definition) is 2. The van der Waals surface area contributed by atoms with Crippen molar-refractivity contribution in [2.24, 2.45) is 0 Å². The molecule has 0 bridgehead atoms. The van der Waals surface area contributed by atoms with Crippen LogP contribution in [-0.2, 0) is 14.8 Å². The van der Waals surface area contributed by atoms with E-state index in [0.717, 1.165) is 40.9 Å². The van der Waals surface area contributed by atoms with Crippen molar-refractivity contribution in [3.05, 3.63) is 36.3 Å². The summed E-state index contributed by atoms with van der Waals surface area (Å²) in [7, 11) is -3.64. The van der Waals surface area contributed by atoms with Gasteiger partial charge in [-0.1, -0.05) is 11.3 Å². The predicted molar refractivity (Wildman–Crippen MR) is 103 cm³/mol. The van der Waals surface area contributed by atoms with Gasteiger partial charge in [-0.2, -0.15) is 4.31 Å². The molecular formula is C17H19N5O3S2. The highest BCUT2D eigenvalue weighted by molar-refractivity contribution is 7.91. The number of piperidine rings is 1. The average Bonchev–Trinajstić information content (AvgIpc) is 3.28. The van der Waals surface area contributed by atoms with Gasteiger partial charge in [-0.3, -0.25) is 9.78 Å². The predicted octanol–water partition coefficient (Wildman–Crippen LogP) is 2.55. The number of nitrogens with one attached hydrogen (secondary N) is 2. The molecule has 2 N–H and O–H groups in total. The van der Waals surface area contributed by atoms with Crippen LogP contribution in [0.1, 0.15) is 31.4 Å². The maximum atomic E-state index is 13.0. The zero-order valence-corrected chi connectivity index (χ0v) is 16.3. The Morgan fingerprint density at radius 2 is 2.26 bits per heavy atom. The molecule has 3 aromatic rings. The van der Waals surface area contributed by atoms with Crippen LogP contribution in [0.3, 0.4) is 0 Å². The number of aromatic amines is 1. The molecule has 1 amide bonds. The van der Waals surface area contributed by atoms with E-state index in [1.54, 1.807) is 6.20 Å². The number of sulfonamides is 1. The second-order valence-electron chi connectivity index (χ2n) is 6.53. The molecule has 0 radical (unpaired) electrons. The third-order valence-corrected chi connectivity index (χ3v) is 7.81. The van der Waals surface area contributed by atoms with E-state index < -0.39 is 10.0 Å². The van der Waals surface area contributed by atoms with E-state index >= 15 is 0 Å². The number of pyridine rings is 1. The molecule has 1 aliphatic heterocycles. The summed E-state index contributed by atoms with van der Waals surface area (Å²) < 4.78 is 27.6. The summed E-state index contributed by atoms with van der Waals surface area (Å²) >= 11 is 0.972. The monoisotopic (exact) mass is 405 g/mol. The zero-order chi connectivity index (χ0) is 19.0. The van der Waals surface area contributed by atoms with Crippen molar-refractivity contribution in [2.75, 3.05) is 18.4 Å². The fraction of sp³-hybridized carbons (Fsp3) is 0.353. The lowest BCUT2D eigenvalue weighted by atomic mass is 9.96. The van der Waals surface area contributed by atoms with Crippen molar-refractivity contribution in [3.8, 4) is 0 Å². The molecule has 0 aliphatic carbocycles. The van der Waals surface area contributed by atoms with Crippen LogP contribution in [0.2, 0.25) is 0 Å². The molecule has 0 spiro atoms. The Morgan fingerprint density at radius 3 is 3.04 bits per heavy atom. The minimum atomic E-state index is -3.64. The van der Waals surface area contributed by atoms with Crippen LogP contribution >= 0.6 is 11.3 Å². The van der Waals surface area contributed by atoms with E-state index in [-0.39, 0.29) is 21.2 Å². The number of carbonyl (C=O) groups is 1. The van der Waals surface area contributed by atoms with Gasteiger partial charge in [0.2, 0.25) is 5.91 Å². The molecule has 4 rings (SSSR count). The second kappa shape index (κ2) is 7.02. The van der Waals surface area contributed by atoms with Crippen LogP contribution in [0.15, 0.2) is 34.8 Å². The molecular weight excluding hydrogens is 386 g/mol.